The van der Waals surface area contributed by atoms with E-state index < -0.39 is 11.6 Å². The Balaban J connectivity index is 2.19. The molecule has 2 aromatic carbocycles. The number of phenolic OH excluding ortho intramolecular Hbond substituents is 1. The maximum atomic E-state index is 13.5. The van der Waals surface area contributed by atoms with E-state index in [2.05, 4.69) is 0 Å². The molecule has 0 aliphatic heterocycles. The second kappa shape index (κ2) is 6.76. The van der Waals surface area contributed by atoms with Gasteiger partial charge in [-0.2, -0.15) is 0 Å². The summed E-state index contributed by atoms with van der Waals surface area (Å²) in [5.41, 5.74) is 0.658. The standard InChI is InChI=1S/C17H15FO4/c1-21-12-5-6-13(16(20)10-12)15(19)7-3-11-4-8-17(22-2)14(18)9-11/h3-10,20H,1-2H3/b7-3+. The van der Waals surface area contributed by atoms with E-state index in [-0.39, 0.29) is 17.1 Å². The zero-order chi connectivity index (χ0) is 16.1. The number of allylic oxidation sites excluding steroid dienone is 1. The summed E-state index contributed by atoms with van der Waals surface area (Å²) < 4.78 is 23.3. The lowest BCUT2D eigenvalue weighted by atomic mass is 10.1. The van der Waals surface area contributed by atoms with Crippen LogP contribution in [0.15, 0.2) is 42.5 Å². The van der Waals surface area contributed by atoms with E-state index in [1.165, 1.54) is 50.6 Å². The minimum Gasteiger partial charge on any atom is -0.507 e. The molecule has 0 aromatic heterocycles. The summed E-state index contributed by atoms with van der Waals surface area (Å²) in [7, 11) is 2.85. The number of carbonyl (C=O) groups is 1. The monoisotopic (exact) mass is 302 g/mol. The Morgan fingerprint density at radius 1 is 1.14 bits per heavy atom. The summed E-state index contributed by atoms with van der Waals surface area (Å²) in [5, 5.41) is 9.79. The van der Waals surface area contributed by atoms with Crippen molar-refractivity contribution in [3.63, 3.8) is 0 Å². The zero-order valence-electron chi connectivity index (χ0n) is 12.2. The highest BCUT2D eigenvalue weighted by atomic mass is 19.1. The fourth-order valence-corrected chi connectivity index (χ4v) is 1.89. The number of ether oxygens (including phenoxy) is 2. The van der Waals surface area contributed by atoms with Gasteiger partial charge in [0.1, 0.15) is 11.5 Å². The first-order valence-electron chi connectivity index (χ1n) is 6.48. The molecule has 114 valence electrons. The first-order valence-corrected chi connectivity index (χ1v) is 6.48. The molecule has 0 heterocycles. The molecule has 1 N–H and O–H groups in total. The highest BCUT2D eigenvalue weighted by Crippen LogP contribution is 2.24. The fraction of sp³-hybridized carbons (Fsp3) is 0.118. The molecule has 0 atom stereocenters. The Hall–Kier alpha value is -2.82. The van der Waals surface area contributed by atoms with Crippen LogP contribution in [0.25, 0.3) is 6.08 Å². The first-order chi connectivity index (χ1) is 10.5. The van der Waals surface area contributed by atoms with Crippen LogP contribution in [0.1, 0.15) is 15.9 Å². The van der Waals surface area contributed by atoms with Gasteiger partial charge in [0, 0.05) is 6.07 Å². The normalized spacial score (nSPS) is 10.7. The van der Waals surface area contributed by atoms with Crippen LogP contribution >= 0.6 is 0 Å². The number of aromatic hydroxyl groups is 1. The summed E-state index contributed by atoms with van der Waals surface area (Å²) in [6.45, 7) is 0. The Bertz CT molecular complexity index is 723. The Labute approximate surface area is 127 Å². The van der Waals surface area contributed by atoms with E-state index in [1.807, 2.05) is 0 Å². The highest BCUT2D eigenvalue weighted by molar-refractivity contribution is 6.08. The average Bonchev–Trinajstić information content (AvgIpc) is 2.52. The van der Waals surface area contributed by atoms with Crippen LogP contribution in [-0.2, 0) is 0 Å². The third kappa shape index (κ3) is 3.44. The van der Waals surface area contributed by atoms with Crippen molar-refractivity contribution in [1.82, 2.24) is 0 Å². The van der Waals surface area contributed by atoms with Crippen molar-refractivity contribution in [3.05, 3.63) is 59.4 Å². The lowest BCUT2D eigenvalue weighted by Gasteiger charge is -2.04. The van der Waals surface area contributed by atoms with E-state index in [9.17, 15) is 14.3 Å². The van der Waals surface area contributed by atoms with Gasteiger partial charge in [-0.1, -0.05) is 12.1 Å². The van der Waals surface area contributed by atoms with Gasteiger partial charge in [-0.25, -0.2) is 4.39 Å². The minimum atomic E-state index is -0.510. The summed E-state index contributed by atoms with van der Waals surface area (Å²) in [6.07, 6.45) is 2.73. The number of benzene rings is 2. The molecule has 22 heavy (non-hydrogen) atoms. The van der Waals surface area contributed by atoms with E-state index in [1.54, 1.807) is 12.1 Å². The number of rotatable bonds is 5. The molecule has 0 radical (unpaired) electrons. The molecule has 0 saturated heterocycles. The number of methoxy groups -OCH3 is 2. The number of phenols is 1. The van der Waals surface area contributed by atoms with Gasteiger partial charge in [-0.15, -0.1) is 0 Å². The molecule has 5 heteroatoms. The molecule has 0 fully saturated rings. The Morgan fingerprint density at radius 3 is 2.50 bits per heavy atom. The van der Waals surface area contributed by atoms with Crippen molar-refractivity contribution >= 4 is 11.9 Å². The lowest BCUT2D eigenvalue weighted by Crippen LogP contribution is -1.95. The van der Waals surface area contributed by atoms with Gasteiger partial charge < -0.3 is 14.6 Å². The van der Waals surface area contributed by atoms with Gasteiger partial charge in [-0.05, 0) is 35.9 Å². The molecular weight excluding hydrogens is 287 g/mol. The number of carbonyl (C=O) groups excluding carboxylic acids is 1. The second-order valence-corrected chi connectivity index (χ2v) is 4.47. The van der Waals surface area contributed by atoms with E-state index in [0.717, 1.165) is 0 Å². The minimum absolute atomic E-state index is 0.135. The van der Waals surface area contributed by atoms with Crippen LogP contribution in [0.3, 0.4) is 0 Å². The van der Waals surface area contributed by atoms with Crippen LogP contribution in [0.4, 0.5) is 4.39 Å². The van der Waals surface area contributed by atoms with Crippen LogP contribution in [0, 0.1) is 5.82 Å². The van der Waals surface area contributed by atoms with Gasteiger partial charge >= 0.3 is 0 Å². The van der Waals surface area contributed by atoms with Gasteiger partial charge in [0.25, 0.3) is 0 Å². The third-order valence-corrected chi connectivity index (χ3v) is 3.07. The van der Waals surface area contributed by atoms with Gasteiger partial charge in [-0.3, -0.25) is 4.79 Å². The van der Waals surface area contributed by atoms with Crippen LogP contribution in [0.2, 0.25) is 0 Å². The number of hydrogen-bond donors (Lipinski definition) is 1. The van der Waals surface area contributed by atoms with Gasteiger partial charge in [0.2, 0.25) is 0 Å². The van der Waals surface area contributed by atoms with Crippen LogP contribution < -0.4 is 9.47 Å². The number of hydrogen-bond acceptors (Lipinski definition) is 4. The van der Waals surface area contributed by atoms with E-state index in [4.69, 9.17) is 9.47 Å². The molecule has 2 aromatic rings. The first kappa shape index (κ1) is 15.6. The zero-order valence-corrected chi connectivity index (χ0v) is 12.2. The van der Waals surface area contributed by atoms with Crippen molar-refractivity contribution in [3.8, 4) is 17.2 Å². The Morgan fingerprint density at radius 2 is 1.91 bits per heavy atom. The predicted octanol–water partition coefficient (Wildman–Crippen LogP) is 3.44. The summed E-state index contributed by atoms with van der Waals surface area (Å²) in [4.78, 5) is 12.0. The summed E-state index contributed by atoms with van der Waals surface area (Å²) in [6, 6.07) is 8.76. The van der Waals surface area contributed by atoms with Crippen LogP contribution in [-0.4, -0.2) is 25.1 Å². The number of ketones is 1. The molecule has 0 aliphatic carbocycles. The molecule has 0 saturated carbocycles. The molecule has 0 aliphatic rings. The third-order valence-electron chi connectivity index (χ3n) is 3.07. The summed E-state index contributed by atoms with van der Waals surface area (Å²) >= 11 is 0. The molecule has 2 rings (SSSR count). The highest BCUT2D eigenvalue weighted by Gasteiger charge is 2.09. The number of halogens is 1. The van der Waals surface area contributed by atoms with Crippen molar-refractivity contribution in [2.45, 2.75) is 0 Å². The van der Waals surface area contributed by atoms with Crippen LogP contribution in [0.5, 0.6) is 17.2 Å². The topological polar surface area (TPSA) is 55.8 Å². The summed E-state index contributed by atoms with van der Waals surface area (Å²) in [5.74, 6) is -0.484. The maximum Gasteiger partial charge on any atom is 0.189 e. The fourth-order valence-electron chi connectivity index (χ4n) is 1.89. The van der Waals surface area contributed by atoms with Crippen molar-refractivity contribution in [1.29, 1.82) is 0 Å². The van der Waals surface area contributed by atoms with E-state index in [0.29, 0.717) is 11.3 Å². The van der Waals surface area contributed by atoms with Crippen molar-refractivity contribution < 1.29 is 23.8 Å². The molecule has 0 bridgehead atoms. The maximum absolute atomic E-state index is 13.5. The molecule has 0 spiro atoms. The average molecular weight is 302 g/mol. The SMILES string of the molecule is COc1ccc(C(=O)/C=C/c2ccc(OC)c(F)c2)c(O)c1. The quantitative estimate of drug-likeness (QED) is 0.679. The Kier molecular flexibility index (Phi) is 4.78. The van der Waals surface area contributed by atoms with Crippen molar-refractivity contribution in [2.75, 3.05) is 14.2 Å². The molecular formula is C17H15FO4. The molecule has 0 unspecified atom stereocenters. The van der Waals surface area contributed by atoms with E-state index >= 15 is 0 Å². The largest absolute Gasteiger partial charge is 0.507 e. The van der Waals surface area contributed by atoms with Crippen molar-refractivity contribution in [2.24, 2.45) is 0 Å². The lowest BCUT2D eigenvalue weighted by molar-refractivity contribution is 0.104. The molecule has 0 amide bonds. The van der Waals surface area contributed by atoms with Gasteiger partial charge in [0.15, 0.2) is 17.3 Å². The predicted molar refractivity (Wildman–Crippen MR) is 81.0 cm³/mol. The second-order valence-electron chi connectivity index (χ2n) is 4.47. The molecule has 4 nitrogen and oxygen atoms in total. The smallest absolute Gasteiger partial charge is 0.189 e. The van der Waals surface area contributed by atoms with Gasteiger partial charge in [0.05, 0.1) is 19.8 Å².